The quantitative estimate of drug-likeness (QED) is 0.544. The summed E-state index contributed by atoms with van der Waals surface area (Å²) < 4.78 is 4.81. The van der Waals surface area contributed by atoms with E-state index in [1.807, 2.05) is 0 Å². The van der Waals surface area contributed by atoms with Gasteiger partial charge in [0.05, 0.1) is 19.2 Å². The Balaban J connectivity index is 2.22. The number of rotatable bonds is 7. The summed E-state index contributed by atoms with van der Waals surface area (Å²) >= 11 is 0. The molecule has 4 nitrogen and oxygen atoms in total. The van der Waals surface area contributed by atoms with Crippen molar-refractivity contribution < 1.29 is 14.3 Å². The molecular weight excluding hydrogens is 218 g/mol. The highest BCUT2D eigenvalue weighted by Gasteiger charge is 2.19. The van der Waals surface area contributed by atoms with Crippen LogP contribution >= 0.6 is 0 Å². The van der Waals surface area contributed by atoms with Crippen molar-refractivity contribution in [1.29, 1.82) is 0 Å². The molecule has 1 N–H and O–H groups in total. The number of ether oxygens (including phenoxy) is 1. The minimum atomic E-state index is -0.289. The second-order valence-corrected chi connectivity index (χ2v) is 4.67. The Kier molecular flexibility index (Phi) is 6.86. The molecule has 98 valence electrons. The summed E-state index contributed by atoms with van der Waals surface area (Å²) in [6, 6.07) is -0.206. The SMILES string of the molecule is CCOC(=O)CNC(C=O)CC1CCCCC1. The third kappa shape index (κ3) is 5.82. The Morgan fingerprint density at radius 3 is 2.71 bits per heavy atom. The minimum absolute atomic E-state index is 0.129. The first-order valence-corrected chi connectivity index (χ1v) is 6.60. The summed E-state index contributed by atoms with van der Waals surface area (Å²) in [6.07, 6.45) is 8.05. The van der Waals surface area contributed by atoms with Crippen LogP contribution in [0.5, 0.6) is 0 Å². The average Bonchev–Trinajstić information content (AvgIpc) is 2.36. The molecule has 0 aromatic heterocycles. The molecule has 17 heavy (non-hydrogen) atoms. The van der Waals surface area contributed by atoms with Crippen molar-refractivity contribution >= 4 is 12.3 Å². The molecule has 0 radical (unpaired) electrons. The van der Waals surface area contributed by atoms with E-state index in [2.05, 4.69) is 5.32 Å². The second kappa shape index (κ2) is 8.23. The fraction of sp³-hybridized carbons (Fsp3) is 0.846. The van der Waals surface area contributed by atoms with E-state index < -0.39 is 0 Å². The Labute approximate surface area is 103 Å². The second-order valence-electron chi connectivity index (χ2n) is 4.67. The number of hydrogen-bond acceptors (Lipinski definition) is 4. The van der Waals surface area contributed by atoms with Crippen LogP contribution in [0.25, 0.3) is 0 Å². The van der Waals surface area contributed by atoms with Gasteiger partial charge in [0.2, 0.25) is 0 Å². The molecule has 0 aromatic carbocycles. The van der Waals surface area contributed by atoms with E-state index in [-0.39, 0.29) is 18.6 Å². The van der Waals surface area contributed by atoms with Crippen LogP contribution in [0.1, 0.15) is 45.4 Å². The largest absolute Gasteiger partial charge is 0.465 e. The molecule has 1 saturated carbocycles. The lowest BCUT2D eigenvalue weighted by molar-refractivity contribution is -0.142. The number of carbonyl (C=O) groups excluding carboxylic acids is 2. The summed E-state index contributed by atoms with van der Waals surface area (Å²) in [5, 5.41) is 2.96. The van der Waals surface area contributed by atoms with Gasteiger partial charge in [-0.1, -0.05) is 32.1 Å². The molecule has 0 aliphatic heterocycles. The molecule has 0 heterocycles. The lowest BCUT2D eigenvalue weighted by Crippen LogP contribution is -2.37. The van der Waals surface area contributed by atoms with Crippen LogP contribution in [-0.4, -0.2) is 31.4 Å². The van der Waals surface area contributed by atoms with E-state index in [4.69, 9.17) is 4.74 Å². The van der Waals surface area contributed by atoms with Crippen LogP contribution < -0.4 is 5.32 Å². The first-order valence-electron chi connectivity index (χ1n) is 6.60. The third-order valence-electron chi connectivity index (χ3n) is 3.29. The van der Waals surface area contributed by atoms with Crippen molar-refractivity contribution in [2.75, 3.05) is 13.2 Å². The van der Waals surface area contributed by atoms with E-state index in [1.54, 1.807) is 6.92 Å². The van der Waals surface area contributed by atoms with Gasteiger partial charge >= 0.3 is 5.97 Å². The van der Waals surface area contributed by atoms with Gasteiger partial charge in [-0.2, -0.15) is 0 Å². The van der Waals surface area contributed by atoms with Gasteiger partial charge in [0.15, 0.2) is 0 Å². The molecule has 0 amide bonds. The van der Waals surface area contributed by atoms with Gasteiger partial charge < -0.3 is 9.53 Å². The van der Waals surface area contributed by atoms with Crippen molar-refractivity contribution in [3.8, 4) is 0 Å². The molecule has 0 spiro atoms. The maximum absolute atomic E-state index is 11.2. The van der Waals surface area contributed by atoms with E-state index in [0.717, 1.165) is 12.7 Å². The Hall–Kier alpha value is -0.900. The topological polar surface area (TPSA) is 55.4 Å². The minimum Gasteiger partial charge on any atom is -0.465 e. The van der Waals surface area contributed by atoms with E-state index in [9.17, 15) is 9.59 Å². The van der Waals surface area contributed by atoms with Gasteiger partial charge in [0.1, 0.15) is 6.29 Å². The number of carbonyl (C=O) groups is 2. The maximum Gasteiger partial charge on any atom is 0.319 e. The molecule has 1 unspecified atom stereocenters. The normalized spacial score (nSPS) is 18.6. The molecule has 1 fully saturated rings. The molecular formula is C13H23NO3. The standard InChI is InChI=1S/C13H23NO3/c1-2-17-13(16)9-14-12(10-15)8-11-6-4-3-5-7-11/h10-12,14H,2-9H2,1H3. The van der Waals surface area contributed by atoms with Crippen molar-refractivity contribution in [2.24, 2.45) is 5.92 Å². The number of nitrogens with one attached hydrogen (secondary N) is 1. The fourth-order valence-electron chi connectivity index (χ4n) is 2.40. The zero-order valence-electron chi connectivity index (χ0n) is 10.6. The van der Waals surface area contributed by atoms with Gasteiger partial charge in [-0.25, -0.2) is 0 Å². The van der Waals surface area contributed by atoms with Crippen LogP contribution in [0, 0.1) is 5.92 Å². The summed E-state index contributed by atoms with van der Waals surface area (Å²) in [5.74, 6) is 0.344. The van der Waals surface area contributed by atoms with Crippen molar-refractivity contribution in [2.45, 2.75) is 51.5 Å². The first kappa shape index (κ1) is 14.2. The Morgan fingerprint density at radius 1 is 1.41 bits per heavy atom. The Morgan fingerprint density at radius 2 is 2.12 bits per heavy atom. The van der Waals surface area contributed by atoms with Crippen LogP contribution in [0.2, 0.25) is 0 Å². The van der Waals surface area contributed by atoms with E-state index >= 15 is 0 Å². The van der Waals surface area contributed by atoms with Gasteiger partial charge in [0.25, 0.3) is 0 Å². The lowest BCUT2D eigenvalue weighted by atomic mass is 9.85. The highest BCUT2D eigenvalue weighted by Crippen LogP contribution is 2.26. The van der Waals surface area contributed by atoms with Gasteiger partial charge in [-0.3, -0.25) is 10.1 Å². The molecule has 1 aliphatic carbocycles. The molecule has 0 aromatic rings. The predicted molar refractivity (Wildman–Crippen MR) is 65.7 cm³/mol. The lowest BCUT2D eigenvalue weighted by Gasteiger charge is -2.24. The van der Waals surface area contributed by atoms with Gasteiger partial charge in [-0.05, 0) is 19.3 Å². The van der Waals surface area contributed by atoms with Crippen molar-refractivity contribution in [3.63, 3.8) is 0 Å². The fourth-order valence-corrected chi connectivity index (χ4v) is 2.40. The zero-order chi connectivity index (χ0) is 12.5. The molecule has 1 aliphatic rings. The first-order chi connectivity index (χ1) is 8.26. The monoisotopic (exact) mass is 241 g/mol. The van der Waals surface area contributed by atoms with Crippen LogP contribution in [0.4, 0.5) is 0 Å². The van der Waals surface area contributed by atoms with Crippen molar-refractivity contribution in [1.82, 2.24) is 5.32 Å². The predicted octanol–water partition coefficient (Wildman–Crippen LogP) is 1.68. The summed E-state index contributed by atoms with van der Waals surface area (Å²) in [4.78, 5) is 22.1. The zero-order valence-corrected chi connectivity index (χ0v) is 10.6. The molecule has 0 saturated heterocycles. The van der Waals surface area contributed by atoms with E-state index in [1.165, 1.54) is 32.1 Å². The summed E-state index contributed by atoms with van der Waals surface area (Å²) in [6.45, 7) is 2.29. The molecule has 1 atom stereocenters. The van der Waals surface area contributed by atoms with Crippen LogP contribution in [0.15, 0.2) is 0 Å². The average molecular weight is 241 g/mol. The summed E-state index contributed by atoms with van der Waals surface area (Å²) in [7, 11) is 0. The number of esters is 1. The van der Waals surface area contributed by atoms with E-state index in [0.29, 0.717) is 12.5 Å². The van der Waals surface area contributed by atoms with Crippen LogP contribution in [0.3, 0.4) is 0 Å². The Bertz CT molecular complexity index is 237. The third-order valence-corrected chi connectivity index (χ3v) is 3.29. The van der Waals surface area contributed by atoms with Gasteiger partial charge in [0, 0.05) is 0 Å². The highest BCUT2D eigenvalue weighted by atomic mass is 16.5. The number of hydrogen-bond donors (Lipinski definition) is 1. The highest BCUT2D eigenvalue weighted by molar-refractivity contribution is 5.72. The molecule has 4 heteroatoms. The maximum atomic E-state index is 11.2. The number of aldehydes is 1. The smallest absolute Gasteiger partial charge is 0.319 e. The molecule has 1 rings (SSSR count). The molecule has 0 bridgehead atoms. The van der Waals surface area contributed by atoms with Crippen LogP contribution in [-0.2, 0) is 14.3 Å². The van der Waals surface area contributed by atoms with Gasteiger partial charge in [-0.15, -0.1) is 0 Å². The van der Waals surface area contributed by atoms with Crippen molar-refractivity contribution in [3.05, 3.63) is 0 Å². The summed E-state index contributed by atoms with van der Waals surface area (Å²) in [5.41, 5.74) is 0.